The van der Waals surface area contributed by atoms with E-state index in [9.17, 15) is 0 Å². The van der Waals surface area contributed by atoms with Gasteiger partial charge in [-0.15, -0.1) is 11.3 Å². The summed E-state index contributed by atoms with van der Waals surface area (Å²) in [5.74, 6) is 1.77. The molecule has 0 aromatic carbocycles. The molecular formula is C14H15BrOS. The Bertz CT molecular complexity index is 472. The van der Waals surface area contributed by atoms with E-state index in [1.54, 1.807) is 0 Å². The highest BCUT2D eigenvalue weighted by Gasteiger charge is 2.27. The lowest BCUT2D eigenvalue weighted by molar-refractivity contribution is 0.236. The molecule has 1 saturated heterocycles. The summed E-state index contributed by atoms with van der Waals surface area (Å²) in [6, 6.07) is 4.35. The van der Waals surface area contributed by atoms with Crippen molar-refractivity contribution in [3.63, 3.8) is 0 Å². The maximum absolute atomic E-state index is 5.75. The topological polar surface area (TPSA) is 9.23 Å². The number of fused-ring (bicyclic) bond motifs is 1. The van der Waals surface area contributed by atoms with E-state index >= 15 is 0 Å². The van der Waals surface area contributed by atoms with Gasteiger partial charge in [0.25, 0.3) is 0 Å². The van der Waals surface area contributed by atoms with Crippen molar-refractivity contribution in [1.82, 2.24) is 0 Å². The number of thiophene rings is 1. The first-order chi connectivity index (χ1) is 8.33. The van der Waals surface area contributed by atoms with Gasteiger partial charge in [0.1, 0.15) is 5.76 Å². The van der Waals surface area contributed by atoms with E-state index in [4.69, 9.17) is 4.74 Å². The fourth-order valence-electron chi connectivity index (χ4n) is 2.50. The zero-order valence-electron chi connectivity index (χ0n) is 9.62. The van der Waals surface area contributed by atoms with Crippen molar-refractivity contribution in [3.8, 4) is 0 Å². The lowest BCUT2D eigenvalue weighted by Crippen LogP contribution is -2.04. The molecule has 0 amide bonds. The molecule has 1 aliphatic carbocycles. The molecule has 0 N–H and O–H groups in total. The maximum Gasteiger partial charge on any atom is 0.118 e. The van der Waals surface area contributed by atoms with E-state index in [1.165, 1.54) is 27.1 Å². The summed E-state index contributed by atoms with van der Waals surface area (Å²) in [5.41, 5.74) is 1.46. The lowest BCUT2D eigenvalue weighted by Gasteiger charge is -2.11. The van der Waals surface area contributed by atoms with Crippen LogP contribution in [0.25, 0.3) is 0 Å². The molecule has 1 aromatic rings. The standard InChI is InChI=1S/C14H15BrOS/c15-14-8-7-11(17-14)6-5-10-9-16-13-4-2-1-3-12(10)13/h3-4,7-8,10H,1-2,5-6,9H2. The molecule has 17 heavy (non-hydrogen) atoms. The largest absolute Gasteiger partial charge is 0.493 e. The first kappa shape index (κ1) is 11.5. The highest BCUT2D eigenvalue weighted by Crippen LogP contribution is 2.36. The molecule has 0 radical (unpaired) electrons. The average Bonchev–Trinajstić information content (AvgIpc) is 2.93. The Morgan fingerprint density at radius 2 is 2.18 bits per heavy atom. The van der Waals surface area contributed by atoms with Gasteiger partial charge in [0.15, 0.2) is 0 Å². The molecule has 1 atom stereocenters. The first-order valence-electron chi connectivity index (χ1n) is 6.10. The van der Waals surface area contributed by atoms with Gasteiger partial charge >= 0.3 is 0 Å². The Hall–Kier alpha value is -0.540. The molecular weight excluding hydrogens is 296 g/mol. The van der Waals surface area contributed by atoms with Gasteiger partial charge in [0.2, 0.25) is 0 Å². The van der Waals surface area contributed by atoms with E-state index in [0.717, 1.165) is 25.2 Å². The van der Waals surface area contributed by atoms with Crippen molar-refractivity contribution in [2.75, 3.05) is 6.61 Å². The zero-order chi connectivity index (χ0) is 11.7. The summed E-state index contributed by atoms with van der Waals surface area (Å²) in [5, 5.41) is 0. The number of halogens is 1. The van der Waals surface area contributed by atoms with Crippen LogP contribution in [0.15, 0.2) is 39.4 Å². The van der Waals surface area contributed by atoms with Crippen LogP contribution in [0, 0.1) is 5.92 Å². The maximum atomic E-state index is 5.75. The Balaban J connectivity index is 1.63. The molecule has 3 heteroatoms. The normalized spacial score (nSPS) is 22.8. The fraction of sp³-hybridized carbons (Fsp3) is 0.429. The first-order valence-corrected chi connectivity index (χ1v) is 7.71. The number of rotatable bonds is 3. The van der Waals surface area contributed by atoms with Gasteiger partial charge in [0.05, 0.1) is 10.4 Å². The van der Waals surface area contributed by atoms with Crippen molar-refractivity contribution in [1.29, 1.82) is 0 Å². The number of allylic oxidation sites excluding steroid dienone is 3. The third kappa shape index (κ3) is 2.50. The van der Waals surface area contributed by atoms with Crippen LogP contribution < -0.4 is 0 Å². The van der Waals surface area contributed by atoms with Gasteiger partial charge in [0, 0.05) is 10.8 Å². The monoisotopic (exact) mass is 310 g/mol. The lowest BCUT2D eigenvalue weighted by atomic mass is 9.92. The third-order valence-corrected chi connectivity index (χ3v) is 5.08. The third-order valence-electron chi connectivity index (χ3n) is 3.39. The van der Waals surface area contributed by atoms with Crippen LogP contribution in [-0.4, -0.2) is 6.61 Å². The minimum Gasteiger partial charge on any atom is -0.493 e. The van der Waals surface area contributed by atoms with Crippen LogP contribution in [0.5, 0.6) is 0 Å². The molecule has 90 valence electrons. The Morgan fingerprint density at radius 3 is 3.00 bits per heavy atom. The van der Waals surface area contributed by atoms with E-state index in [-0.39, 0.29) is 0 Å². The molecule has 0 spiro atoms. The van der Waals surface area contributed by atoms with Crippen molar-refractivity contribution in [2.45, 2.75) is 25.7 Å². The summed E-state index contributed by atoms with van der Waals surface area (Å²) in [7, 11) is 0. The van der Waals surface area contributed by atoms with Crippen LogP contribution >= 0.6 is 27.3 Å². The SMILES string of the molecule is Brc1ccc(CCC2COC3=CCCC=C32)s1. The van der Waals surface area contributed by atoms with Crippen LogP contribution in [0.1, 0.15) is 24.1 Å². The van der Waals surface area contributed by atoms with Crippen molar-refractivity contribution in [3.05, 3.63) is 44.3 Å². The smallest absolute Gasteiger partial charge is 0.118 e. The highest BCUT2D eigenvalue weighted by molar-refractivity contribution is 9.11. The Kier molecular flexibility index (Phi) is 3.39. The number of ether oxygens (including phenoxy) is 1. The van der Waals surface area contributed by atoms with Gasteiger partial charge in [-0.05, 0) is 65.4 Å². The van der Waals surface area contributed by atoms with Crippen LogP contribution in [0.4, 0.5) is 0 Å². The molecule has 1 unspecified atom stereocenters. The molecule has 2 aliphatic rings. The molecule has 1 nitrogen and oxygen atoms in total. The van der Waals surface area contributed by atoms with Gasteiger partial charge in [-0.3, -0.25) is 0 Å². The van der Waals surface area contributed by atoms with Crippen LogP contribution in [-0.2, 0) is 11.2 Å². The quantitative estimate of drug-likeness (QED) is 0.786. The Morgan fingerprint density at radius 1 is 1.29 bits per heavy atom. The van der Waals surface area contributed by atoms with E-state index < -0.39 is 0 Å². The van der Waals surface area contributed by atoms with Crippen LogP contribution in [0.2, 0.25) is 0 Å². The number of hydrogen-bond donors (Lipinski definition) is 0. The molecule has 1 aliphatic heterocycles. The average molecular weight is 311 g/mol. The van der Waals surface area contributed by atoms with Crippen molar-refractivity contribution >= 4 is 27.3 Å². The van der Waals surface area contributed by atoms with E-state index in [0.29, 0.717) is 5.92 Å². The second-order valence-corrected chi connectivity index (χ2v) is 7.11. The predicted octanol–water partition coefficient (Wildman–Crippen LogP) is 4.69. The minimum absolute atomic E-state index is 0.613. The molecule has 2 heterocycles. The molecule has 1 fully saturated rings. The van der Waals surface area contributed by atoms with E-state index in [2.05, 4.69) is 40.2 Å². The summed E-state index contributed by atoms with van der Waals surface area (Å²) < 4.78 is 6.98. The molecule has 1 aromatic heterocycles. The molecule has 3 rings (SSSR count). The van der Waals surface area contributed by atoms with Crippen molar-refractivity contribution in [2.24, 2.45) is 5.92 Å². The second-order valence-electron chi connectivity index (χ2n) is 4.56. The van der Waals surface area contributed by atoms with Crippen LogP contribution in [0.3, 0.4) is 0 Å². The summed E-state index contributed by atoms with van der Waals surface area (Å²) in [6.45, 7) is 0.879. The fourth-order valence-corrected chi connectivity index (χ4v) is 4.00. The summed E-state index contributed by atoms with van der Waals surface area (Å²) in [6.07, 6.45) is 9.31. The number of hydrogen-bond acceptors (Lipinski definition) is 2. The second kappa shape index (κ2) is 4.99. The van der Waals surface area contributed by atoms with Gasteiger partial charge in [-0.25, -0.2) is 0 Å². The highest BCUT2D eigenvalue weighted by atomic mass is 79.9. The zero-order valence-corrected chi connectivity index (χ0v) is 12.0. The minimum atomic E-state index is 0.613. The van der Waals surface area contributed by atoms with Crippen molar-refractivity contribution < 1.29 is 4.74 Å². The van der Waals surface area contributed by atoms with Gasteiger partial charge < -0.3 is 4.74 Å². The molecule has 0 saturated carbocycles. The predicted molar refractivity (Wildman–Crippen MR) is 75.2 cm³/mol. The number of aryl methyl sites for hydroxylation is 1. The Labute approximate surface area is 114 Å². The van der Waals surface area contributed by atoms with Gasteiger partial charge in [-0.1, -0.05) is 6.08 Å². The van der Waals surface area contributed by atoms with E-state index in [1.807, 2.05) is 11.3 Å². The van der Waals surface area contributed by atoms with Gasteiger partial charge in [-0.2, -0.15) is 0 Å². The summed E-state index contributed by atoms with van der Waals surface area (Å²) in [4.78, 5) is 1.46. The molecule has 0 bridgehead atoms. The summed E-state index contributed by atoms with van der Waals surface area (Å²) >= 11 is 5.36.